The molecule has 0 saturated carbocycles. The molecule has 0 atom stereocenters. The third-order valence-corrected chi connectivity index (χ3v) is 5.83. The van der Waals surface area contributed by atoms with Gasteiger partial charge in [0.15, 0.2) is 0 Å². The largest absolute Gasteiger partial charge is 0.492 e. The quantitative estimate of drug-likeness (QED) is 0.493. The van der Waals surface area contributed by atoms with E-state index in [4.69, 9.17) is 31.4 Å². The van der Waals surface area contributed by atoms with Gasteiger partial charge in [0, 0.05) is 17.3 Å². The second-order valence-electron chi connectivity index (χ2n) is 8.50. The molecule has 0 aromatic heterocycles. The minimum atomic E-state index is -0.644. The maximum absolute atomic E-state index is 12.3. The van der Waals surface area contributed by atoms with Crippen LogP contribution in [0.3, 0.4) is 0 Å². The molecule has 3 N–H and O–H groups in total. The first-order valence-electron chi connectivity index (χ1n) is 10.1. The predicted molar refractivity (Wildman–Crippen MR) is 125 cm³/mol. The van der Waals surface area contributed by atoms with Crippen molar-refractivity contribution in [2.24, 2.45) is 0 Å². The number of hydrogen-bond acceptors (Lipinski definition) is 5. The van der Waals surface area contributed by atoms with Crippen LogP contribution in [0.1, 0.15) is 38.8 Å². The highest BCUT2D eigenvalue weighted by atomic mass is 35.5. The van der Waals surface area contributed by atoms with Gasteiger partial charge in [-0.1, -0.05) is 54.1 Å². The first-order valence-corrected chi connectivity index (χ1v) is 10.5. The number of nitrogen functional groups attached to an aromatic ring is 1. The van der Waals surface area contributed by atoms with Crippen LogP contribution in [0, 0.1) is 0 Å². The lowest BCUT2D eigenvalue weighted by Crippen LogP contribution is -2.41. The van der Waals surface area contributed by atoms with Gasteiger partial charge < -0.3 is 25.1 Å². The molecule has 8 heteroatoms. The van der Waals surface area contributed by atoms with Crippen LogP contribution >= 0.6 is 11.6 Å². The maximum Gasteiger partial charge on any atom is 0.492 e. The van der Waals surface area contributed by atoms with Crippen molar-refractivity contribution in [3.05, 3.63) is 70.2 Å². The van der Waals surface area contributed by atoms with Crippen molar-refractivity contribution in [1.29, 1.82) is 0 Å². The Balaban J connectivity index is 1.74. The van der Waals surface area contributed by atoms with Crippen LogP contribution in [0.2, 0.25) is 5.02 Å². The highest BCUT2D eigenvalue weighted by Crippen LogP contribution is 2.39. The highest BCUT2D eigenvalue weighted by molar-refractivity contribution is 6.56. The Morgan fingerprint density at radius 1 is 1.13 bits per heavy atom. The Bertz CT molecular complexity index is 947. The molecule has 2 aromatic rings. The molecule has 164 valence electrons. The van der Waals surface area contributed by atoms with Crippen molar-refractivity contribution in [3.63, 3.8) is 0 Å². The van der Waals surface area contributed by atoms with E-state index in [1.165, 1.54) is 0 Å². The third kappa shape index (κ3) is 5.82. The van der Waals surface area contributed by atoms with Gasteiger partial charge in [-0.25, -0.2) is 4.79 Å². The fourth-order valence-electron chi connectivity index (χ4n) is 3.02. The summed E-state index contributed by atoms with van der Waals surface area (Å²) in [6.45, 7) is 8.26. The molecular formula is C23H28BClN2O4. The average molecular weight is 443 g/mol. The number of rotatable bonds is 6. The van der Waals surface area contributed by atoms with E-state index in [0.29, 0.717) is 16.2 Å². The minimum Gasteiger partial charge on any atom is -0.445 e. The van der Waals surface area contributed by atoms with E-state index in [1.54, 1.807) is 12.1 Å². The van der Waals surface area contributed by atoms with Crippen LogP contribution in [0.4, 0.5) is 10.5 Å². The molecule has 0 radical (unpaired) electrons. The number of hydrogen-bond donors (Lipinski definition) is 2. The average Bonchev–Trinajstić information content (AvgIpc) is 2.93. The fraction of sp³-hybridized carbons (Fsp3) is 0.348. The molecule has 1 fully saturated rings. The Labute approximate surface area is 188 Å². The van der Waals surface area contributed by atoms with Gasteiger partial charge >= 0.3 is 13.2 Å². The van der Waals surface area contributed by atoms with E-state index in [9.17, 15) is 4.79 Å². The number of benzene rings is 2. The number of nitrogens with two attached hydrogens (primary N) is 1. The van der Waals surface area contributed by atoms with Crippen molar-refractivity contribution < 1.29 is 18.8 Å². The van der Waals surface area contributed by atoms with E-state index in [0.717, 1.165) is 11.1 Å². The predicted octanol–water partition coefficient (Wildman–Crippen LogP) is 4.86. The first-order chi connectivity index (χ1) is 14.6. The molecule has 2 aromatic carbocycles. The summed E-state index contributed by atoms with van der Waals surface area (Å²) in [4.78, 5) is 12.3. The number of ether oxygens (including phenoxy) is 1. The normalized spacial score (nSPS) is 17.5. The zero-order chi connectivity index (χ0) is 22.6. The Morgan fingerprint density at radius 2 is 1.77 bits per heavy atom. The Kier molecular flexibility index (Phi) is 6.99. The lowest BCUT2D eigenvalue weighted by molar-refractivity contribution is 0.00578. The molecule has 0 aliphatic carbocycles. The standard InChI is InChI=1S/C23H28BClN2O4/c1-22(2)23(3,4)31-24(30-22)18(12-17-10-11-19(25)13-20(17)26)14-27-21(28)29-15-16-8-6-5-7-9-16/h5-13H,14-15,26H2,1-4H3,(H,27,28). The van der Waals surface area contributed by atoms with Crippen LogP contribution in [-0.4, -0.2) is 31.0 Å². The van der Waals surface area contributed by atoms with Crippen molar-refractivity contribution in [3.8, 4) is 0 Å². The molecule has 0 spiro atoms. The summed E-state index contributed by atoms with van der Waals surface area (Å²) in [5, 5.41) is 3.33. The van der Waals surface area contributed by atoms with E-state index in [-0.39, 0.29) is 13.2 Å². The number of anilines is 1. The van der Waals surface area contributed by atoms with E-state index in [2.05, 4.69) is 5.32 Å². The van der Waals surface area contributed by atoms with Crippen molar-refractivity contribution >= 4 is 36.6 Å². The highest BCUT2D eigenvalue weighted by Gasteiger charge is 2.52. The number of halogens is 1. The molecule has 1 aliphatic heterocycles. The third-order valence-electron chi connectivity index (χ3n) is 5.60. The molecule has 1 amide bonds. The molecule has 31 heavy (non-hydrogen) atoms. The van der Waals surface area contributed by atoms with E-state index >= 15 is 0 Å². The molecular weight excluding hydrogens is 415 g/mol. The second kappa shape index (κ2) is 9.34. The van der Waals surface area contributed by atoms with Crippen LogP contribution in [0.15, 0.2) is 54.0 Å². The lowest BCUT2D eigenvalue weighted by Gasteiger charge is -2.32. The molecule has 0 unspecified atom stereocenters. The van der Waals surface area contributed by atoms with Gasteiger partial charge in [-0.15, -0.1) is 0 Å². The van der Waals surface area contributed by atoms with Gasteiger partial charge in [-0.3, -0.25) is 0 Å². The summed E-state index contributed by atoms with van der Waals surface area (Å²) < 4.78 is 17.7. The van der Waals surface area contributed by atoms with E-state index in [1.807, 2.05) is 70.2 Å². The van der Waals surface area contributed by atoms with E-state index < -0.39 is 24.4 Å². The summed E-state index contributed by atoms with van der Waals surface area (Å²) in [5.41, 5.74) is 7.99. The van der Waals surface area contributed by atoms with Crippen LogP contribution < -0.4 is 11.1 Å². The first kappa shape index (κ1) is 23.2. The van der Waals surface area contributed by atoms with Crippen molar-refractivity contribution in [2.45, 2.75) is 45.5 Å². The van der Waals surface area contributed by atoms with Crippen molar-refractivity contribution in [2.75, 3.05) is 12.3 Å². The molecule has 1 saturated heterocycles. The van der Waals surface area contributed by atoms with Gasteiger partial charge in [0.25, 0.3) is 0 Å². The summed E-state index contributed by atoms with van der Waals surface area (Å²) in [5.74, 6) is 0. The minimum absolute atomic E-state index is 0.173. The lowest BCUT2D eigenvalue weighted by atomic mass is 9.77. The number of carbonyl (C=O) groups excluding carboxylic acids is 1. The topological polar surface area (TPSA) is 82.8 Å². The molecule has 0 bridgehead atoms. The second-order valence-corrected chi connectivity index (χ2v) is 8.93. The van der Waals surface area contributed by atoms with Crippen molar-refractivity contribution in [1.82, 2.24) is 5.32 Å². The summed E-state index contributed by atoms with van der Waals surface area (Å²) >= 11 is 6.02. The summed E-state index contributed by atoms with van der Waals surface area (Å²) in [7, 11) is -0.644. The van der Waals surface area contributed by atoms with Gasteiger partial charge in [0.1, 0.15) is 6.61 Å². The smallest absolute Gasteiger partial charge is 0.445 e. The number of carbonyl (C=O) groups is 1. The Morgan fingerprint density at radius 3 is 2.39 bits per heavy atom. The number of nitrogens with one attached hydrogen (secondary N) is 1. The van der Waals surface area contributed by atoms with Crippen LogP contribution in [0.5, 0.6) is 0 Å². The summed E-state index contributed by atoms with van der Waals surface area (Å²) in [6.07, 6.45) is 1.32. The van der Waals surface area contributed by atoms with Crippen LogP contribution in [0.25, 0.3) is 6.08 Å². The van der Waals surface area contributed by atoms with Gasteiger partial charge in [-0.05, 0) is 56.4 Å². The molecule has 6 nitrogen and oxygen atoms in total. The van der Waals surface area contributed by atoms with Gasteiger partial charge in [0.2, 0.25) is 0 Å². The zero-order valence-electron chi connectivity index (χ0n) is 18.3. The molecule has 3 rings (SSSR count). The zero-order valence-corrected chi connectivity index (χ0v) is 19.0. The summed E-state index contributed by atoms with van der Waals surface area (Å²) in [6, 6.07) is 14.7. The number of alkyl carbamates (subject to hydrolysis) is 1. The van der Waals surface area contributed by atoms with Gasteiger partial charge in [0.05, 0.1) is 11.2 Å². The monoisotopic (exact) mass is 442 g/mol. The SMILES string of the molecule is CC1(C)OB(C(=Cc2ccc(Cl)cc2N)CNC(=O)OCc2ccccc2)OC1(C)C. The molecule has 1 heterocycles. The van der Waals surface area contributed by atoms with Crippen LogP contribution in [-0.2, 0) is 20.7 Å². The Hall–Kier alpha value is -2.48. The van der Waals surface area contributed by atoms with Gasteiger partial charge in [-0.2, -0.15) is 0 Å². The molecule has 1 aliphatic rings. The maximum atomic E-state index is 12.3. The fourth-order valence-corrected chi connectivity index (χ4v) is 3.20. The number of amides is 1.